The molecular weight excluding hydrogens is 290 g/mol. The smallest absolute Gasteiger partial charge is 0.161 e. The van der Waals surface area contributed by atoms with E-state index in [0.29, 0.717) is 24.7 Å². The third-order valence-electron chi connectivity index (χ3n) is 3.22. The van der Waals surface area contributed by atoms with Gasteiger partial charge in [-0.05, 0) is 23.6 Å². The summed E-state index contributed by atoms with van der Waals surface area (Å²) in [5.74, 6) is 1.54. The van der Waals surface area contributed by atoms with E-state index in [0.717, 1.165) is 12.0 Å². The van der Waals surface area contributed by atoms with Crippen LogP contribution in [0.5, 0.6) is 11.5 Å². The van der Waals surface area contributed by atoms with Crippen LogP contribution in [-0.2, 0) is 9.84 Å². The van der Waals surface area contributed by atoms with Crippen LogP contribution >= 0.6 is 0 Å². The van der Waals surface area contributed by atoms with Crippen LogP contribution in [-0.4, -0.2) is 33.1 Å². The number of nitrogens with two attached hydrogens (primary N) is 1. The molecule has 21 heavy (non-hydrogen) atoms. The topological polar surface area (TPSA) is 78.6 Å². The molecule has 1 unspecified atom stereocenters. The van der Waals surface area contributed by atoms with Gasteiger partial charge in [-0.1, -0.05) is 19.9 Å². The van der Waals surface area contributed by atoms with E-state index in [-0.39, 0.29) is 17.4 Å². The molecule has 2 rings (SSSR count). The second kappa shape index (κ2) is 6.66. The standard InChI is InChI=1S/C15H23NO4S/c1-11(2)9-21(17,18)10-13(16)12-4-5-14-15(8-12)20-7-3-6-19-14/h4-5,8,11,13H,3,6-7,9-10,16H2,1-2H3. The first-order valence-corrected chi connectivity index (χ1v) is 9.05. The van der Waals surface area contributed by atoms with E-state index in [1.54, 1.807) is 12.1 Å². The molecule has 118 valence electrons. The van der Waals surface area contributed by atoms with Gasteiger partial charge in [0.25, 0.3) is 0 Å². The van der Waals surface area contributed by atoms with E-state index in [9.17, 15) is 8.42 Å². The zero-order chi connectivity index (χ0) is 15.5. The summed E-state index contributed by atoms with van der Waals surface area (Å²) in [5, 5.41) is 0. The summed E-state index contributed by atoms with van der Waals surface area (Å²) in [6.07, 6.45) is 0.832. The minimum atomic E-state index is -3.15. The van der Waals surface area contributed by atoms with Crippen molar-refractivity contribution in [3.63, 3.8) is 0 Å². The van der Waals surface area contributed by atoms with Crippen molar-refractivity contribution in [2.45, 2.75) is 26.3 Å². The first-order valence-electron chi connectivity index (χ1n) is 7.23. The van der Waals surface area contributed by atoms with Crippen molar-refractivity contribution in [2.24, 2.45) is 11.7 Å². The number of sulfone groups is 1. The fraction of sp³-hybridized carbons (Fsp3) is 0.600. The van der Waals surface area contributed by atoms with Crippen LogP contribution in [0, 0.1) is 5.92 Å². The van der Waals surface area contributed by atoms with Gasteiger partial charge in [-0.3, -0.25) is 0 Å². The second-order valence-corrected chi connectivity index (χ2v) is 7.99. The summed E-state index contributed by atoms with van der Waals surface area (Å²) in [6, 6.07) is 4.84. The Morgan fingerprint density at radius 1 is 1.14 bits per heavy atom. The zero-order valence-electron chi connectivity index (χ0n) is 12.5. The summed E-state index contributed by atoms with van der Waals surface area (Å²) in [5.41, 5.74) is 6.81. The van der Waals surface area contributed by atoms with Crippen LogP contribution in [0.15, 0.2) is 18.2 Å². The van der Waals surface area contributed by atoms with Crippen molar-refractivity contribution >= 4 is 9.84 Å². The monoisotopic (exact) mass is 313 g/mol. The van der Waals surface area contributed by atoms with Gasteiger partial charge in [-0.15, -0.1) is 0 Å². The number of hydrogen-bond acceptors (Lipinski definition) is 5. The maximum absolute atomic E-state index is 12.0. The van der Waals surface area contributed by atoms with E-state index >= 15 is 0 Å². The van der Waals surface area contributed by atoms with Crippen molar-refractivity contribution in [1.82, 2.24) is 0 Å². The fourth-order valence-electron chi connectivity index (χ4n) is 2.36. The van der Waals surface area contributed by atoms with Crippen LogP contribution in [0.4, 0.5) is 0 Å². The molecule has 0 spiro atoms. The van der Waals surface area contributed by atoms with Gasteiger partial charge in [0, 0.05) is 12.5 Å². The molecule has 1 atom stereocenters. The van der Waals surface area contributed by atoms with Crippen LogP contribution in [0.3, 0.4) is 0 Å². The van der Waals surface area contributed by atoms with E-state index in [2.05, 4.69) is 0 Å². The molecule has 1 aromatic carbocycles. The molecule has 6 heteroatoms. The normalized spacial score (nSPS) is 16.6. The molecule has 5 nitrogen and oxygen atoms in total. The molecule has 2 N–H and O–H groups in total. The molecule has 1 aromatic rings. The lowest BCUT2D eigenvalue weighted by molar-refractivity contribution is 0.297. The Labute approximate surface area is 126 Å². The highest BCUT2D eigenvalue weighted by molar-refractivity contribution is 7.91. The molecule has 0 radical (unpaired) electrons. The Balaban J connectivity index is 2.13. The van der Waals surface area contributed by atoms with Crippen molar-refractivity contribution in [3.8, 4) is 11.5 Å². The number of hydrogen-bond donors (Lipinski definition) is 1. The highest BCUT2D eigenvalue weighted by Gasteiger charge is 2.20. The average molecular weight is 313 g/mol. The quantitative estimate of drug-likeness (QED) is 0.898. The maximum Gasteiger partial charge on any atom is 0.161 e. The minimum Gasteiger partial charge on any atom is -0.490 e. The second-order valence-electron chi connectivity index (χ2n) is 5.83. The van der Waals surface area contributed by atoms with Crippen LogP contribution in [0.2, 0.25) is 0 Å². The number of rotatable bonds is 5. The van der Waals surface area contributed by atoms with Gasteiger partial charge in [0.2, 0.25) is 0 Å². The van der Waals surface area contributed by atoms with Gasteiger partial charge in [0.1, 0.15) is 0 Å². The molecule has 0 aliphatic carbocycles. The van der Waals surface area contributed by atoms with Gasteiger partial charge >= 0.3 is 0 Å². The van der Waals surface area contributed by atoms with Crippen molar-refractivity contribution in [2.75, 3.05) is 24.7 Å². The van der Waals surface area contributed by atoms with E-state index < -0.39 is 15.9 Å². The Kier molecular flexibility index (Phi) is 5.11. The third-order valence-corrected chi connectivity index (χ3v) is 5.26. The summed E-state index contributed by atoms with van der Waals surface area (Å²) < 4.78 is 35.2. The van der Waals surface area contributed by atoms with E-state index in [4.69, 9.17) is 15.2 Å². The SMILES string of the molecule is CC(C)CS(=O)(=O)CC(N)c1ccc2c(c1)OCCCO2. The molecule has 1 aliphatic rings. The third kappa shape index (κ3) is 4.61. The van der Waals surface area contributed by atoms with Crippen molar-refractivity contribution < 1.29 is 17.9 Å². The predicted octanol–water partition coefficient (Wildman–Crippen LogP) is 1.92. The van der Waals surface area contributed by atoms with Crippen LogP contribution in [0.1, 0.15) is 31.9 Å². The average Bonchev–Trinajstić information content (AvgIpc) is 2.60. The fourth-order valence-corrected chi connectivity index (χ4v) is 4.25. The van der Waals surface area contributed by atoms with E-state index in [1.807, 2.05) is 19.9 Å². The lowest BCUT2D eigenvalue weighted by Crippen LogP contribution is -2.25. The minimum absolute atomic E-state index is 0.0508. The maximum atomic E-state index is 12.0. The molecule has 1 heterocycles. The lowest BCUT2D eigenvalue weighted by Gasteiger charge is -2.16. The first kappa shape index (κ1) is 16.1. The summed E-state index contributed by atoms with van der Waals surface area (Å²) in [6.45, 7) is 4.99. The Morgan fingerprint density at radius 2 is 1.81 bits per heavy atom. The highest BCUT2D eigenvalue weighted by Crippen LogP contribution is 2.32. The summed E-state index contributed by atoms with van der Waals surface area (Å²) >= 11 is 0. The number of ether oxygens (including phenoxy) is 2. The zero-order valence-corrected chi connectivity index (χ0v) is 13.4. The first-order chi connectivity index (χ1) is 9.87. The molecule has 1 aliphatic heterocycles. The van der Waals surface area contributed by atoms with Gasteiger partial charge in [-0.25, -0.2) is 8.42 Å². The van der Waals surface area contributed by atoms with Gasteiger partial charge in [0.05, 0.1) is 24.7 Å². The van der Waals surface area contributed by atoms with Gasteiger partial charge in [-0.2, -0.15) is 0 Å². The Morgan fingerprint density at radius 3 is 2.48 bits per heavy atom. The Hall–Kier alpha value is -1.27. The Bertz CT molecular complexity index is 583. The molecule has 0 saturated carbocycles. The molecule has 0 bridgehead atoms. The van der Waals surface area contributed by atoms with Gasteiger partial charge < -0.3 is 15.2 Å². The molecular formula is C15H23NO4S. The summed E-state index contributed by atoms with van der Waals surface area (Å²) in [7, 11) is -3.15. The van der Waals surface area contributed by atoms with Crippen molar-refractivity contribution in [3.05, 3.63) is 23.8 Å². The molecule has 0 fully saturated rings. The highest BCUT2D eigenvalue weighted by atomic mass is 32.2. The predicted molar refractivity (Wildman–Crippen MR) is 82.5 cm³/mol. The molecule has 0 amide bonds. The summed E-state index contributed by atoms with van der Waals surface area (Å²) in [4.78, 5) is 0. The van der Waals surface area contributed by atoms with Crippen molar-refractivity contribution in [1.29, 1.82) is 0 Å². The lowest BCUT2D eigenvalue weighted by atomic mass is 10.1. The molecule has 0 aromatic heterocycles. The van der Waals surface area contributed by atoms with Crippen LogP contribution in [0.25, 0.3) is 0 Å². The largest absolute Gasteiger partial charge is 0.490 e. The van der Waals surface area contributed by atoms with Crippen LogP contribution < -0.4 is 15.2 Å². The van der Waals surface area contributed by atoms with E-state index in [1.165, 1.54) is 0 Å². The van der Waals surface area contributed by atoms with Gasteiger partial charge in [0.15, 0.2) is 21.3 Å². The molecule has 0 saturated heterocycles. The number of benzene rings is 1. The number of fused-ring (bicyclic) bond motifs is 1.